The number of nitrogens with zero attached hydrogens (tertiary/aromatic N) is 5. The van der Waals surface area contributed by atoms with Crippen LogP contribution in [0.1, 0.15) is 50.1 Å². The molecule has 0 saturated heterocycles. The van der Waals surface area contributed by atoms with E-state index in [4.69, 9.17) is 0 Å². The lowest BCUT2D eigenvalue weighted by Gasteiger charge is -2.33. The molecule has 2 aliphatic rings. The number of benzene rings is 4. The van der Waals surface area contributed by atoms with Crippen molar-refractivity contribution in [1.82, 2.24) is 0 Å². The van der Waals surface area contributed by atoms with Gasteiger partial charge in [0.25, 0.3) is 0 Å². The summed E-state index contributed by atoms with van der Waals surface area (Å²) in [6.07, 6.45) is 0. The summed E-state index contributed by atoms with van der Waals surface area (Å²) in [6.45, 7) is 19.7. The van der Waals surface area contributed by atoms with Gasteiger partial charge in [0.2, 0.25) is 0 Å². The van der Waals surface area contributed by atoms with E-state index < -0.39 is 0 Å². The maximum Gasteiger partial charge on any atom is 0.141 e. The molecule has 4 aromatic rings. The highest BCUT2D eigenvalue weighted by molar-refractivity contribution is 6.14. The van der Waals surface area contributed by atoms with Crippen molar-refractivity contribution in [2.24, 2.45) is 20.9 Å². The van der Waals surface area contributed by atoms with E-state index in [1.807, 2.05) is 0 Å². The highest BCUT2D eigenvalue weighted by atomic mass is 15.8. The zero-order valence-corrected chi connectivity index (χ0v) is 24.7. The van der Waals surface area contributed by atoms with E-state index in [0.29, 0.717) is 0 Å². The van der Waals surface area contributed by atoms with Crippen molar-refractivity contribution >= 4 is 17.1 Å². The SMILES string of the molecule is Cc1cc(C)c(-c2c3c4c(c(-c5c(C)cc(C)cc5C)c2-c2c(C)cc(C)cc2C)NN=NN4N=NN3)c(C)c1. The van der Waals surface area contributed by atoms with Crippen LogP contribution in [0, 0.1) is 62.3 Å². The second-order valence-corrected chi connectivity index (χ2v) is 11.4. The van der Waals surface area contributed by atoms with Crippen LogP contribution >= 0.6 is 0 Å². The van der Waals surface area contributed by atoms with Crippen molar-refractivity contribution in [3.63, 3.8) is 0 Å². The van der Waals surface area contributed by atoms with Gasteiger partial charge in [0.1, 0.15) is 5.69 Å². The van der Waals surface area contributed by atoms with E-state index in [0.717, 1.165) is 33.8 Å². The molecule has 7 nitrogen and oxygen atoms in total. The minimum Gasteiger partial charge on any atom is -0.255 e. The second kappa shape index (κ2) is 9.30. The van der Waals surface area contributed by atoms with Gasteiger partial charge in [-0.25, -0.2) is 0 Å². The highest BCUT2D eigenvalue weighted by Gasteiger charge is 2.36. The Kier molecular flexibility index (Phi) is 5.98. The van der Waals surface area contributed by atoms with Gasteiger partial charge < -0.3 is 0 Å². The molecule has 40 heavy (non-hydrogen) atoms. The quantitative estimate of drug-likeness (QED) is 0.277. The second-order valence-electron chi connectivity index (χ2n) is 11.4. The van der Waals surface area contributed by atoms with Crippen LogP contribution in [0.4, 0.5) is 17.1 Å². The number of anilines is 3. The van der Waals surface area contributed by atoms with Crippen LogP contribution in [0.3, 0.4) is 0 Å². The normalized spacial score (nSPS) is 13.3. The zero-order chi connectivity index (χ0) is 28.5. The summed E-state index contributed by atoms with van der Waals surface area (Å²) in [6, 6.07) is 13.6. The molecule has 0 fully saturated rings. The Morgan fingerprint density at radius 2 is 0.725 bits per heavy atom. The molecule has 2 aliphatic heterocycles. The Morgan fingerprint density at radius 3 is 1.05 bits per heavy atom. The predicted octanol–water partition coefficient (Wildman–Crippen LogP) is 9.69. The molecule has 0 saturated carbocycles. The minimum absolute atomic E-state index is 0.819. The molecule has 0 atom stereocenters. The summed E-state index contributed by atoms with van der Waals surface area (Å²) in [5.41, 5.74) is 27.1. The van der Waals surface area contributed by atoms with Gasteiger partial charge in [-0.2, -0.15) is 0 Å². The van der Waals surface area contributed by atoms with Gasteiger partial charge in [-0.05, 0) is 133 Å². The Bertz CT molecular complexity index is 1630. The zero-order valence-electron chi connectivity index (χ0n) is 24.7. The smallest absolute Gasteiger partial charge is 0.141 e. The van der Waals surface area contributed by atoms with Gasteiger partial charge >= 0.3 is 0 Å². The Balaban J connectivity index is 1.93. The molecular weight excluding hydrogens is 494 g/mol. The summed E-state index contributed by atoms with van der Waals surface area (Å²) in [5.74, 6) is 0. The van der Waals surface area contributed by atoms with Crippen LogP contribution in [0.15, 0.2) is 57.3 Å². The molecule has 0 radical (unpaired) electrons. The van der Waals surface area contributed by atoms with Crippen molar-refractivity contribution in [3.05, 3.63) is 86.5 Å². The van der Waals surface area contributed by atoms with Crippen molar-refractivity contribution in [3.8, 4) is 33.4 Å². The third kappa shape index (κ3) is 3.87. The highest BCUT2D eigenvalue weighted by Crippen LogP contribution is 2.58. The largest absolute Gasteiger partial charge is 0.255 e. The van der Waals surface area contributed by atoms with Gasteiger partial charge in [-0.15, -0.1) is 5.12 Å². The Hall–Kier alpha value is -4.52. The first kappa shape index (κ1) is 25.7. The summed E-state index contributed by atoms with van der Waals surface area (Å²) < 4.78 is 0. The molecule has 7 heteroatoms. The van der Waals surface area contributed by atoms with E-state index >= 15 is 0 Å². The Morgan fingerprint density at radius 1 is 0.425 bits per heavy atom. The lowest BCUT2D eigenvalue weighted by molar-refractivity contribution is 0.749. The molecule has 6 rings (SSSR count). The maximum atomic E-state index is 4.28. The van der Waals surface area contributed by atoms with Gasteiger partial charge in [-0.1, -0.05) is 53.1 Å². The van der Waals surface area contributed by atoms with Crippen molar-refractivity contribution < 1.29 is 0 Å². The van der Waals surface area contributed by atoms with Crippen molar-refractivity contribution in [1.29, 1.82) is 0 Å². The van der Waals surface area contributed by atoms with Crippen LogP contribution in [0.2, 0.25) is 0 Å². The summed E-state index contributed by atoms with van der Waals surface area (Å²) in [5, 5.41) is 18.6. The van der Waals surface area contributed by atoms with Crippen molar-refractivity contribution in [2.75, 3.05) is 16.0 Å². The average molecular weight is 530 g/mol. The molecule has 0 aliphatic carbocycles. The summed E-state index contributed by atoms with van der Waals surface area (Å²) in [4.78, 5) is 0. The maximum absolute atomic E-state index is 4.28. The van der Waals surface area contributed by atoms with Gasteiger partial charge in [-0.3, -0.25) is 10.9 Å². The number of rotatable bonds is 3. The lowest BCUT2D eigenvalue weighted by Crippen LogP contribution is -2.21. The molecule has 0 unspecified atom stereocenters. The monoisotopic (exact) mass is 529 g/mol. The molecular formula is C33H35N7. The average Bonchev–Trinajstić information content (AvgIpc) is 2.85. The molecule has 2 heterocycles. The molecule has 202 valence electrons. The van der Waals surface area contributed by atoms with E-state index in [-0.39, 0.29) is 0 Å². The third-order valence-corrected chi connectivity index (χ3v) is 8.04. The van der Waals surface area contributed by atoms with E-state index in [9.17, 15) is 0 Å². The first-order valence-electron chi connectivity index (χ1n) is 13.7. The lowest BCUT2D eigenvalue weighted by atomic mass is 9.77. The van der Waals surface area contributed by atoms with Crippen LogP contribution in [0.5, 0.6) is 0 Å². The molecule has 0 spiro atoms. The number of hydrogen-bond donors (Lipinski definition) is 2. The summed E-state index contributed by atoms with van der Waals surface area (Å²) in [7, 11) is 0. The van der Waals surface area contributed by atoms with Gasteiger partial charge in [0, 0.05) is 16.7 Å². The van der Waals surface area contributed by atoms with Crippen LogP contribution in [-0.4, -0.2) is 0 Å². The minimum atomic E-state index is 0.819. The van der Waals surface area contributed by atoms with Crippen molar-refractivity contribution in [2.45, 2.75) is 62.3 Å². The van der Waals surface area contributed by atoms with E-state index in [1.165, 1.54) is 71.9 Å². The molecule has 2 N–H and O–H groups in total. The fourth-order valence-corrected chi connectivity index (χ4v) is 6.96. The molecule has 0 aromatic heterocycles. The first-order chi connectivity index (χ1) is 19.1. The van der Waals surface area contributed by atoms with Gasteiger partial charge in [0.05, 0.1) is 11.4 Å². The van der Waals surface area contributed by atoms with Crippen LogP contribution in [0.25, 0.3) is 33.4 Å². The van der Waals surface area contributed by atoms with E-state index in [2.05, 4.69) is 130 Å². The molecule has 4 aromatic carbocycles. The standard InChI is InChI=1S/C33H35N7/c1-16-10-19(4)25(20(5)11-16)28-29(26-21(6)12-17(2)13-22(26)7)31-33-32(35-37-39-40(33)38-36-34-31)30(28)27-23(8)14-18(3)15-24(27)9/h10-15H,1-9H3,(H,34,38)(H,35,39). The molecule has 0 amide bonds. The first-order valence-corrected chi connectivity index (χ1v) is 13.7. The van der Waals surface area contributed by atoms with Crippen LogP contribution in [-0.2, 0) is 0 Å². The van der Waals surface area contributed by atoms with E-state index in [1.54, 1.807) is 0 Å². The topological polar surface area (TPSA) is 76.7 Å². The molecule has 0 bridgehead atoms. The van der Waals surface area contributed by atoms with Gasteiger partial charge in [0.15, 0.2) is 0 Å². The van der Waals surface area contributed by atoms with Crippen LogP contribution < -0.4 is 16.0 Å². The Labute approximate surface area is 236 Å². The summed E-state index contributed by atoms with van der Waals surface area (Å²) >= 11 is 0. The number of hydrogen-bond acceptors (Lipinski definition) is 7. The number of nitrogens with one attached hydrogen (secondary N) is 2. The predicted molar refractivity (Wildman–Crippen MR) is 165 cm³/mol. The fourth-order valence-electron chi connectivity index (χ4n) is 6.96. The third-order valence-electron chi connectivity index (χ3n) is 8.04. The number of aryl methyl sites for hydroxylation is 9. The fraction of sp³-hybridized carbons (Fsp3) is 0.273.